The number of nitriles is 1. The van der Waals surface area contributed by atoms with Crippen LogP contribution >= 0.6 is 0 Å². The number of non-ortho nitro benzene ring substituents is 1. The number of hydrogen-bond donors (Lipinski definition) is 0. The Kier molecular flexibility index (Phi) is 3.45. The highest BCUT2D eigenvalue weighted by molar-refractivity contribution is 5.84. The van der Waals surface area contributed by atoms with Crippen molar-refractivity contribution < 1.29 is 4.92 Å². The van der Waals surface area contributed by atoms with E-state index >= 15 is 0 Å². The summed E-state index contributed by atoms with van der Waals surface area (Å²) in [6.45, 7) is 6.00. The normalized spacial score (nSPS) is 18.3. The van der Waals surface area contributed by atoms with Crippen LogP contribution in [0.1, 0.15) is 38.8 Å². The lowest BCUT2D eigenvalue weighted by molar-refractivity contribution is -0.384. The summed E-state index contributed by atoms with van der Waals surface area (Å²) < 4.78 is 0. The summed E-state index contributed by atoms with van der Waals surface area (Å²) in [5, 5.41) is 26.3. The molecule has 1 atom stereocenters. The summed E-state index contributed by atoms with van der Waals surface area (Å²) >= 11 is 0. The Balaban J connectivity index is 2.34. The van der Waals surface area contributed by atoms with Gasteiger partial charge in [0.25, 0.3) is 5.69 Å². The molecule has 0 unspecified atom stereocenters. The van der Waals surface area contributed by atoms with E-state index < -0.39 is 11.0 Å². The first kappa shape index (κ1) is 14.0. The van der Waals surface area contributed by atoms with Gasteiger partial charge in [0.2, 0.25) is 0 Å². The maximum absolute atomic E-state index is 10.7. The topological polar surface area (TPSA) is 82.5 Å². The summed E-state index contributed by atoms with van der Waals surface area (Å²) in [7, 11) is 0. The number of benzene rings is 1. The first-order valence-electron chi connectivity index (χ1n) is 6.32. The van der Waals surface area contributed by atoms with Crippen LogP contribution in [0, 0.1) is 21.4 Å². The number of hydrogen-bond acceptors (Lipinski definition) is 5. The first-order valence-corrected chi connectivity index (χ1v) is 6.32. The fraction of sp³-hybridized carbons (Fsp3) is 0.429. The average Bonchev–Trinajstić information content (AvgIpc) is 2.64. The van der Waals surface area contributed by atoms with Gasteiger partial charge in [-0.15, -0.1) is 0 Å². The van der Waals surface area contributed by atoms with Crippen molar-refractivity contribution in [3.63, 3.8) is 0 Å². The van der Waals surface area contributed by atoms with Crippen molar-refractivity contribution in [1.82, 2.24) is 5.01 Å². The van der Waals surface area contributed by atoms with Crippen LogP contribution < -0.4 is 0 Å². The van der Waals surface area contributed by atoms with Crippen LogP contribution in [0.15, 0.2) is 29.4 Å². The highest BCUT2D eigenvalue weighted by atomic mass is 16.6. The quantitative estimate of drug-likeness (QED) is 0.625. The van der Waals surface area contributed by atoms with Crippen LogP contribution in [0.4, 0.5) is 5.69 Å². The van der Waals surface area contributed by atoms with Crippen LogP contribution in [0.3, 0.4) is 0 Å². The lowest BCUT2D eigenvalue weighted by Gasteiger charge is -2.34. The molecule has 0 bridgehead atoms. The summed E-state index contributed by atoms with van der Waals surface area (Å²) in [5.74, 6) is 0. The van der Waals surface area contributed by atoms with Gasteiger partial charge in [-0.2, -0.15) is 10.4 Å². The molecule has 0 aliphatic carbocycles. The van der Waals surface area contributed by atoms with Gasteiger partial charge in [-0.1, -0.05) is 0 Å². The van der Waals surface area contributed by atoms with Crippen LogP contribution in [-0.4, -0.2) is 21.2 Å². The summed E-state index contributed by atoms with van der Waals surface area (Å²) in [6.07, 6.45) is 0.804. The van der Waals surface area contributed by atoms with Crippen molar-refractivity contribution >= 4 is 11.4 Å². The Labute approximate surface area is 117 Å². The van der Waals surface area contributed by atoms with Gasteiger partial charge in [-0.05, 0) is 38.5 Å². The molecule has 1 aliphatic rings. The molecule has 0 spiro atoms. The minimum absolute atomic E-state index is 0.0193. The van der Waals surface area contributed by atoms with E-state index in [2.05, 4.69) is 11.2 Å². The minimum Gasteiger partial charge on any atom is -0.269 e. The van der Waals surface area contributed by atoms with E-state index in [0.29, 0.717) is 5.56 Å². The molecule has 0 saturated heterocycles. The monoisotopic (exact) mass is 272 g/mol. The SMILES string of the molecule is CC1=NN([C@H](C#N)c2ccc([N+](=O)[O-])cc2)C(C)(C)C1. The summed E-state index contributed by atoms with van der Waals surface area (Å²) in [6, 6.07) is 7.76. The Hall–Kier alpha value is -2.42. The first-order chi connectivity index (χ1) is 9.35. The number of nitro groups is 1. The van der Waals surface area contributed by atoms with Crippen molar-refractivity contribution in [2.75, 3.05) is 0 Å². The van der Waals surface area contributed by atoms with Gasteiger partial charge in [0.15, 0.2) is 6.04 Å². The predicted octanol–water partition coefficient (Wildman–Crippen LogP) is 3.02. The maximum Gasteiger partial charge on any atom is 0.269 e. The standard InChI is InChI=1S/C14H16N4O2/c1-10-8-14(2,3)17(16-10)13(9-15)11-4-6-12(7-5-11)18(19)20/h4-7,13H,8H2,1-3H3/t13-/m1/s1. The Morgan fingerprint density at radius 2 is 2.05 bits per heavy atom. The second-order valence-corrected chi connectivity index (χ2v) is 5.55. The van der Waals surface area contributed by atoms with E-state index in [1.165, 1.54) is 12.1 Å². The molecular formula is C14H16N4O2. The van der Waals surface area contributed by atoms with Gasteiger partial charge >= 0.3 is 0 Å². The van der Waals surface area contributed by atoms with Gasteiger partial charge in [0, 0.05) is 24.3 Å². The Morgan fingerprint density at radius 3 is 2.45 bits per heavy atom. The molecule has 0 saturated carbocycles. The van der Waals surface area contributed by atoms with Crippen molar-refractivity contribution in [3.8, 4) is 6.07 Å². The zero-order chi connectivity index (χ0) is 14.9. The summed E-state index contributed by atoms with van der Waals surface area (Å²) in [4.78, 5) is 10.2. The van der Waals surface area contributed by atoms with Gasteiger partial charge < -0.3 is 0 Å². The van der Waals surface area contributed by atoms with E-state index in [1.54, 1.807) is 17.1 Å². The molecule has 1 heterocycles. The molecule has 0 amide bonds. The van der Waals surface area contributed by atoms with Crippen LogP contribution in [0.25, 0.3) is 0 Å². The zero-order valence-corrected chi connectivity index (χ0v) is 11.7. The van der Waals surface area contributed by atoms with Crippen molar-refractivity contribution in [2.45, 2.75) is 38.8 Å². The van der Waals surface area contributed by atoms with Crippen LogP contribution in [0.2, 0.25) is 0 Å². The van der Waals surface area contributed by atoms with E-state index in [0.717, 1.165) is 12.1 Å². The molecule has 1 aliphatic heterocycles. The third-order valence-electron chi connectivity index (χ3n) is 3.37. The van der Waals surface area contributed by atoms with Gasteiger partial charge in [0.05, 0.1) is 16.5 Å². The molecule has 1 aromatic carbocycles. The van der Waals surface area contributed by atoms with Crippen LogP contribution in [-0.2, 0) is 0 Å². The van der Waals surface area contributed by atoms with E-state index in [1.807, 2.05) is 20.8 Å². The highest BCUT2D eigenvalue weighted by Crippen LogP contribution is 2.35. The van der Waals surface area contributed by atoms with E-state index in [9.17, 15) is 15.4 Å². The Morgan fingerprint density at radius 1 is 1.45 bits per heavy atom. The number of nitro benzene ring substituents is 1. The molecule has 0 aromatic heterocycles. The predicted molar refractivity (Wildman–Crippen MR) is 75.1 cm³/mol. The molecule has 6 nitrogen and oxygen atoms in total. The number of nitrogens with zero attached hydrogens (tertiary/aromatic N) is 4. The molecule has 104 valence electrons. The largest absolute Gasteiger partial charge is 0.269 e. The molecule has 0 N–H and O–H groups in total. The van der Waals surface area contributed by atoms with Gasteiger partial charge in [0.1, 0.15) is 0 Å². The number of hydrazone groups is 1. The van der Waals surface area contributed by atoms with Crippen molar-refractivity contribution in [2.24, 2.45) is 5.10 Å². The lowest BCUT2D eigenvalue weighted by atomic mass is 9.96. The van der Waals surface area contributed by atoms with Crippen molar-refractivity contribution in [3.05, 3.63) is 39.9 Å². The molecule has 2 rings (SSSR count). The third kappa shape index (κ3) is 2.48. The molecular weight excluding hydrogens is 256 g/mol. The highest BCUT2D eigenvalue weighted by Gasteiger charge is 2.37. The fourth-order valence-electron chi connectivity index (χ4n) is 2.52. The number of rotatable bonds is 3. The fourth-order valence-corrected chi connectivity index (χ4v) is 2.52. The van der Waals surface area contributed by atoms with Gasteiger partial charge in [-0.25, -0.2) is 0 Å². The van der Waals surface area contributed by atoms with Gasteiger partial charge in [-0.3, -0.25) is 15.1 Å². The molecule has 20 heavy (non-hydrogen) atoms. The Bertz CT molecular complexity index is 599. The third-order valence-corrected chi connectivity index (χ3v) is 3.37. The van der Waals surface area contributed by atoms with E-state index in [-0.39, 0.29) is 11.2 Å². The molecule has 0 fully saturated rings. The minimum atomic E-state index is -0.539. The molecule has 1 aromatic rings. The van der Waals surface area contributed by atoms with Crippen LogP contribution in [0.5, 0.6) is 0 Å². The molecule has 6 heteroatoms. The molecule has 0 radical (unpaired) electrons. The maximum atomic E-state index is 10.7. The smallest absolute Gasteiger partial charge is 0.269 e. The second kappa shape index (κ2) is 4.93. The lowest BCUT2D eigenvalue weighted by Crippen LogP contribution is -2.38. The second-order valence-electron chi connectivity index (χ2n) is 5.55. The van der Waals surface area contributed by atoms with Crippen molar-refractivity contribution in [1.29, 1.82) is 5.26 Å². The summed E-state index contributed by atoms with van der Waals surface area (Å²) in [5.41, 5.74) is 1.49. The van der Waals surface area contributed by atoms with E-state index in [4.69, 9.17) is 0 Å². The zero-order valence-electron chi connectivity index (χ0n) is 11.7. The average molecular weight is 272 g/mol.